The van der Waals surface area contributed by atoms with E-state index in [9.17, 15) is 14.9 Å². The summed E-state index contributed by atoms with van der Waals surface area (Å²) in [5.74, 6) is 1.85. The third kappa shape index (κ3) is 2.99. The van der Waals surface area contributed by atoms with Crippen molar-refractivity contribution in [3.63, 3.8) is 0 Å². The van der Waals surface area contributed by atoms with Crippen LogP contribution >= 0.6 is 0 Å². The summed E-state index contributed by atoms with van der Waals surface area (Å²) in [6.07, 6.45) is 1.25. The van der Waals surface area contributed by atoms with Gasteiger partial charge in [0.1, 0.15) is 12.0 Å². The van der Waals surface area contributed by atoms with Crippen LogP contribution in [-0.4, -0.2) is 53.7 Å². The summed E-state index contributed by atoms with van der Waals surface area (Å²) < 4.78 is 10.6. The number of nitro groups is 1. The second kappa shape index (κ2) is 6.51. The molecule has 9 heteroatoms. The van der Waals surface area contributed by atoms with Crippen molar-refractivity contribution < 1.29 is 19.2 Å². The molecule has 1 fully saturated rings. The van der Waals surface area contributed by atoms with Gasteiger partial charge in [0.25, 0.3) is 11.6 Å². The number of aromatic nitrogens is 1. The maximum absolute atomic E-state index is 12.7. The average molecular weight is 356 g/mol. The van der Waals surface area contributed by atoms with Gasteiger partial charge in [-0.05, 0) is 24.3 Å². The predicted octanol–water partition coefficient (Wildman–Crippen LogP) is 1.68. The van der Waals surface area contributed by atoms with Gasteiger partial charge in [-0.1, -0.05) is 0 Å². The number of ether oxygens (including phenoxy) is 2. The minimum absolute atomic E-state index is 0.0367. The van der Waals surface area contributed by atoms with Crippen molar-refractivity contribution in [3.8, 4) is 11.5 Å². The first-order chi connectivity index (χ1) is 12.6. The van der Waals surface area contributed by atoms with Gasteiger partial charge in [-0.15, -0.1) is 0 Å². The van der Waals surface area contributed by atoms with Gasteiger partial charge in [0.05, 0.1) is 4.92 Å². The lowest BCUT2D eigenvalue weighted by Gasteiger charge is -2.35. The summed E-state index contributed by atoms with van der Waals surface area (Å²) >= 11 is 0. The number of hydrogen-bond donors (Lipinski definition) is 0. The van der Waals surface area contributed by atoms with Crippen LogP contribution in [0.25, 0.3) is 0 Å². The van der Waals surface area contributed by atoms with Gasteiger partial charge in [-0.2, -0.15) is 0 Å². The van der Waals surface area contributed by atoms with E-state index in [0.717, 1.165) is 0 Å². The molecule has 0 atom stereocenters. The molecule has 1 aromatic carbocycles. The van der Waals surface area contributed by atoms with Crippen molar-refractivity contribution in [3.05, 3.63) is 52.2 Å². The molecule has 9 nitrogen and oxygen atoms in total. The maximum atomic E-state index is 12.7. The van der Waals surface area contributed by atoms with E-state index in [1.807, 2.05) is 4.90 Å². The highest BCUT2D eigenvalue weighted by Crippen LogP contribution is 2.33. The van der Waals surface area contributed by atoms with E-state index in [2.05, 4.69) is 4.98 Å². The molecule has 0 bridgehead atoms. The Morgan fingerprint density at radius 3 is 2.54 bits per heavy atom. The highest BCUT2D eigenvalue weighted by molar-refractivity contribution is 5.95. The molecule has 134 valence electrons. The van der Waals surface area contributed by atoms with Crippen molar-refractivity contribution in [2.45, 2.75) is 0 Å². The van der Waals surface area contributed by atoms with E-state index in [-0.39, 0.29) is 18.4 Å². The Kier molecular flexibility index (Phi) is 4.04. The Labute approximate surface area is 148 Å². The lowest BCUT2D eigenvalue weighted by Crippen LogP contribution is -2.49. The number of carbonyl (C=O) groups excluding carboxylic acids is 1. The molecule has 2 aromatic rings. The normalized spacial score (nSPS) is 15.8. The quantitative estimate of drug-likeness (QED) is 0.609. The van der Waals surface area contributed by atoms with Crippen LogP contribution in [0.15, 0.2) is 36.5 Å². The number of nitrogens with zero attached hydrogens (tertiary/aromatic N) is 4. The van der Waals surface area contributed by atoms with E-state index < -0.39 is 4.92 Å². The van der Waals surface area contributed by atoms with Gasteiger partial charge < -0.3 is 19.3 Å². The van der Waals surface area contributed by atoms with Crippen molar-refractivity contribution in [1.82, 2.24) is 9.88 Å². The Bertz CT molecular complexity index is 847. The van der Waals surface area contributed by atoms with E-state index >= 15 is 0 Å². The first-order valence-electron chi connectivity index (χ1n) is 8.16. The molecular weight excluding hydrogens is 340 g/mol. The van der Waals surface area contributed by atoms with Crippen LogP contribution in [0.5, 0.6) is 11.5 Å². The summed E-state index contributed by atoms with van der Waals surface area (Å²) in [6.45, 7) is 2.49. The molecule has 0 radical (unpaired) electrons. The van der Waals surface area contributed by atoms with Crippen LogP contribution in [0.4, 0.5) is 11.5 Å². The summed E-state index contributed by atoms with van der Waals surface area (Å²) in [6, 6.07) is 8.25. The summed E-state index contributed by atoms with van der Waals surface area (Å²) in [7, 11) is 0. The van der Waals surface area contributed by atoms with Gasteiger partial charge in [0, 0.05) is 37.8 Å². The first-order valence-corrected chi connectivity index (χ1v) is 8.16. The van der Waals surface area contributed by atoms with Crippen LogP contribution in [0.3, 0.4) is 0 Å². The fourth-order valence-corrected chi connectivity index (χ4v) is 3.02. The molecule has 0 N–H and O–H groups in total. The molecule has 0 spiro atoms. The molecule has 2 aliphatic heterocycles. The highest BCUT2D eigenvalue weighted by Gasteiger charge is 2.25. The molecule has 1 saturated heterocycles. The zero-order valence-corrected chi connectivity index (χ0v) is 13.8. The Hall–Kier alpha value is -3.36. The predicted molar refractivity (Wildman–Crippen MR) is 91.6 cm³/mol. The zero-order chi connectivity index (χ0) is 18.1. The first kappa shape index (κ1) is 16.1. The number of amides is 1. The van der Waals surface area contributed by atoms with E-state index in [4.69, 9.17) is 9.47 Å². The molecule has 0 saturated carbocycles. The molecular formula is C17H16N4O5. The minimum atomic E-state index is -0.473. The van der Waals surface area contributed by atoms with E-state index in [1.165, 1.54) is 12.3 Å². The number of benzene rings is 1. The van der Waals surface area contributed by atoms with Crippen LogP contribution in [0, 0.1) is 10.1 Å². The third-order valence-corrected chi connectivity index (χ3v) is 4.45. The molecule has 1 aromatic heterocycles. The van der Waals surface area contributed by atoms with Crippen molar-refractivity contribution in [1.29, 1.82) is 0 Å². The largest absolute Gasteiger partial charge is 0.454 e. The van der Waals surface area contributed by atoms with Crippen molar-refractivity contribution >= 4 is 17.4 Å². The molecule has 0 unspecified atom stereocenters. The molecule has 1 amide bonds. The number of pyridine rings is 1. The number of fused-ring (bicyclic) bond motifs is 1. The van der Waals surface area contributed by atoms with Crippen LogP contribution in [0.2, 0.25) is 0 Å². The van der Waals surface area contributed by atoms with E-state index in [1.54, 1.807) is 29.2 Å². The van der Waals surface area contributed by atoms with Gasteiger partial charge in [-0.25, -0.2) is 4.98 Å². The third-order valence-electron chi connectivity index (χ3n) is 4.45. The minimum Gasteiger partial charge on any atom is -0.454 e. The number of hydrogen-bond acceptors (Lipinski definition) is 7. The highest BCUT2D eigenvalue weighted by atomic mass is 16.7. The Balaban J connectivity index is 1.40. The van der Waals surface area contributed by atoms with Crippen LogP contribution < -0.4 is 14.4 Å². The average Bonchev–Trinajstić information content (AvgIpc) is 3.15. The van der Waals surface area contributed by atoms with Crippen molar-refractivity contribution in [2.24, 2.45) is 0 Å². The fraction of sp³-hybridized carbons (Fsp3) is 0.294. The topological polar surface area (TPSA) is 98.0 Å². The number of carbonyl (C=O) groups is 1. The SMILES string of the molecule is O=C(c1ccc2c(c1)OCO2)N1CCN(c2ccc([N+](=O)[O-])cn2)CC1. The van der Waals surface area contributed by atoms with Crippen LogP contribution in [-0.2, 0) is 0 Å². The Morgan fingerprint density at radius 1 is 1.08 bits per heavy atom. The van der Waals surface area contributed by atoms with Crippen LogP contribution in [0.1, 0.15) is 10.4 Å². The summed E-state index contributed by atoms with van der Waals surface area (Å²) in [5.41, 5.74) is 0.529. The second-order valence-electron chi connectivity index (χ2n) is 5.98. The number of rotatable bonds is 3. The second-order valence-corrected chi connectivity index (χ2v) is 5.98. The van der Waals surface area contributed by atoms with Gasteiger partial charge in [0.2, 0.25) is 6.79 Å². The van der Waals surface area contributed by atoms with Gasteiger partial charge in [0.15, 0.2) is 11.5 Å². The lowest BCUT2D eigenvalue weighted by molar-refractivity contribution is -0.385. The maximum Gasteiger partial charge on any atom is 0.287 e. The number of anilines is 1. The fourth-order valence-electron chi connectivity index (χ4n) is 3.02. The smallest absolute Gasteiger partial charge is 0.287 e. The van der Waals surface area contributed by atoms with Crippen molar-refractivity contribution in [2.75, 3.05) is 37.9 Å². The van der Waals surface area contributed by atoms with E-state index in [0.29, 0.717) is 49.1 Å². The Morgan fingerprint density at radius 2 is 1.85 bits per heavy atom. The standard InChI is InChI=1S/C17H16N4O5/c22-17(12-1-3-14-15(9-12)26-11-25-14)20-7-5-19(6-8-20)16-4-2-13(10-18-16)21(23)24/h1-4,9-10H,5-8,11H2. The number of piperazine rings is 1. The summed E-state index contributed by atoms with van der Waals surface area (Å²) in [5, 5.41) is 10.7. The molecule has 3 heterocycles. The zero-order valence-electron chi connectivity index (χ0n) is 13.8. The molecule has 0 aliphatic carbocycles. The molecule has 2 aliphatic rings. The lowest BCUT2D eigenvalue weighted by atomic mass is 10.1. The molecule has 4 rings (SSSR count). The van der Waals surface area contributed by atoms with Gasteiger partial charge in [-0.3, -0.25) is 14.9 Å². The summed E-state index contributed by atoms with van der Waals surface area (Å²) in [4.78, 5) is 30.8. The van der Waals surface area contributed by atoms with Gasteiger partial charge >= 0.3 is 0 Å². The monoisotopic (exact) mass is 356 g/mol. The molecule has 26 heavy (non-hydrogen) atoms.